The predicted octanol–water partition coefficient (Wildman–Crippen LogP) is 4.68. The summed E-state index contributed by atoms with van der Waals surface area (Å²) in [5, 5.41) is 0. The van der Waals surface area contributed by atoms with Crippen molar-refractivity contribution in [3.05, 3.63) is 65.2 Å². The summed E-state index contributed by atoms with van der Waals surface area (Å²) in [4.78, 5) is 2.65. The van der Waals surface area contributed by atoms with E-state index in [1.807, 2.05) is 0 Å². The fraction of sp³-hybridized carbons (Fsp3) is 0.455. The van der Waals surface area contributed by atoms with Gasteiger partial charge >= 0.3 is 0 Å². The quantitative estimate of drug-likeness (QED) is 0.699. The average Bonchev–Trinajstić information content (AvgIpc) is 3.03. The Balaban J connectivity index is 1.64. The largest absolute Gasteiger partial charge is 0.497 e. The van der Waals surface area contributed by atoms with Gasteiger partial charge in [0, 0.05) is 13.1 Å². The van der Waals surface area contributed by atoms with Crippen LogP contribution in [0, 0.1) is 0 Å². The third-order valence-corrected chi connectivity index (χ3v) is 5.13. The molecule has 0 bridgehead atoms. The normalized spacial score (nSPS) is 16.4. The lowest BCUT2D eigenvalue weighted by atomic mass is 10.00. The highest BCUT2D eigenvalue weighted by molar-refractivity contribution is 5.41. The highest BCUT2D eigenvalue weighted by atomic mass is 16.5. The van der Waals surface area contributed by atoms with Crippen molar-refractivity contribution in [3.8, 4) is 5.75 Å². The van der Waals surface area contributed by atoms with E-state index >= 15 is 0 Å². The summed E-state index contributed by atoms with van der Waals surface area (Å²) < 4.78 is 5.43. The summed E-state index contributed by atoms with van der Waals surface area (Å²) in [5.74, 6) is 1.64. The maximum absolute atomic E-state index is 5.43. The molecule has 128 valence electrons. The number of methoxy groups -OCH3 is 1. The Hall–Kier alpha value is -1.80. The molecule has 0 saturated carbocycles. The SMILES string of the molecule is CCCN(CCc1ccccc1)CC1CCc2ccc(OC)cc21. The summed E-state index contributed by atoms with van der Waals surface area (Å²) in [7, 11) is 1.76. The zero-order valence-corrected chi connectivity index (χ0v) is 15.0. The second-order valence-corrected chi connectivity index (χ2v) is 6.84. The second kappa shape index (κ2) is 8.34. The lowest BCUT2D eigenvalue weighted by Crippen LogP contribution is -2.31. The first-order chi connectivity index (χ1) is 11.8. The van der Waals surface area contributed by atoms with Crippen molar-refractivity contribution in [2.24, 2.45) is 0 Å². The molecule has 0 amide bonds. The van der Waals surface area contributed by atoms with Gasteiger partial charge in [0.15, 0.2) is 0 Å². The highest BCUT2D eigenvalue weighted by Gasteiger charge is 2.24. The molecule has 1 aliphatic carbocycles. The van der Waals surface area contributed by atoms with E-state index in [4.69, 9.17) is 4.74 Å². The van der Waals surface area contributed by atoms with Gasteiger partial charge in [-0.2, -0.15) is 0 Å². The molecular formula is C22H29NO. The van der Waals surface area contributed by atoms with Crippen molar-refractivity contribution in [2.75, 3.05) is 26.7 Å². The molecule has 0 saturated heterocycles. The molecule has 1 aliphatic rings. The summed E-state index contributed by atoms with van der Waals surface area (Å²) in [5.41, 5.74) is 4.46. The van der Waals surface area contributed by atoms with Crippen molar-refractivity contribution in [2.45, 2.75) is 38.5 Å². The molecular weight excluding hydrogens is 294 g/mol. The zero-order chi connectivity index (χ0) is 16.8. The van der Waals surface area contributed by atoms with Crippen LogP contribution in [0.3, 0.4) is 0 Å². The van der Waals surface area contributed by atoms with Crippen LogP contribution in [0.1, 0.15) is 42.4 Å². The Bertz CT molecular complexity index is 638. The smallest absolute Gasteiger partial charge is 0.119 e. The van der Waals surface area contributed by atoms with E-state index in [9.17, 15) is 0 Å². The molecule has 0 radical (unpaired) electrons. The molecule has 0 aliphatic heterocycles. The number of aryl methyl sites for hydroxylation is 1. The molecule has 1 atom stereocenters. The lowest BCUT2D eigenvalue weighted by Gasteiger charge is -2.26. The Morgan fingerprint density at radius 1 is 1.08 bits per heavy atom. The van der Waals surface area contributed by atoms with Gasteiger partial charge in [0.05, 0.1) is 7.11 Å². The standard InChI is InChI=1S/C22H29NO/c1-3-14-23(15-13-18-7-5-4-6-8-18)17-20-10-9-19-11-12-21(24-2)16-22(19)20/h4-8,11-12,16,20H,3,9-10,13-15,17H2,1-2H3. The van der Waals surface area contributed by atoms with E-state index in [1.165, 1.54) is 49.0 Å². The first-order valence-corrected chi connectivity index (χ1v) is 9.23. The van der Waals surface area contributed by atoms with Crippen molar-refractivity contribution in [3.63, 3.8) is 0 Å². The fourth-order valence-corrected chi connectivity index (χ4v) is 3.84. The van der Waals surface area contributed by atoms with Crippen LogP contribution in [-0.2, 0) is 12.8 Å². The van der Waals surface area contributed by atoms with Gasteiger partial charge in [0.2, 0.25) is 0 Å². The first kappa shape index (κ1) is 17.0. The van der Waals surface area contributed by atoms with Crippen LogP contribution in [-0.4, -0.2) is 31.6 Å². The van der Waals surface area contributed by atoms with Crippen molar-refractivity contribution < 1.29 is 4.74 Å². The van der Waals surface area contributed by atoms with Gasteiger partial charge in [0.25, 0.3) is 0 Å². The van der Waals surface area contributed by atoms with E-state index < -0.39 is 0 Å². The van der Waals surface area contributed by atoms with Crippen LogP contribution in [0.5, 0.6) is 5.75 Å². The third kappa shape index (κ3) is 4.18. The van der Waals surface area contributed by atoms with Crippen LogP contribution >= 0.6 is 0 Å². The van der Waals surface area contributed by atoms with Gasteiger partial charge in [0.1, 0.15) is 5.75 Å². The Morgan fingerprint density at radius 3 is 2.67 bits per heavy atom. The van der Waals surface area contributed by atoms with E-state index in [-0.39, 0.29) is 0 Å². The van der Waals surface area contributed by atoms with E-state index in [0.29, 0.717) is 5.92 Å². The van der Waals surface area contributed by atoms with Crippen LogP contribution < -0.4 is 4.74 Å². The molecule has 2 heteroatoms. The molecule has 0 spiro atoms. The average molecular weight is 323 g/mol. The van der Waals surface area contributed by atoms with Crippen molar-refractivity contribution >= 4 is 0 Å². The van der Waals surface area contributed by atoms with Crippen LogP contribution in [0.4, 0.5) is 0 Å². The zero-order valence-electron chi connectivity index (χ0n) is 15.0. The molecule has 0 heterocycles. The van der Waals surface area contributed by atoms with Crippen LogP contribution in [0.25, 0.3) is 0 Å². The Morgan fingerprint density at radius 2 is 1.92 bits per heavy atom. The molecule has 0 fully saturated rings. The summed E-state index contributed by atoms with van der Waals surface area (Å²) in [6.45, 7) is 5.78. The minimum Gasteiger partial charge on any atom is -0.497 e. The maximum Gasteiger partial charge on any atom is 0.119 e. The van der Waals surface area contributed by atoms with E-state index in [1.54, 1.807) is 7.11 Å². The van der Waals surface area contributed by atoms with Gasteiger partial charge < -0.3 is 9.64 Å². The molecule has 0 N–H and O–H groups in total. The summed E-state index contributed by atoms with van der Waals surface area (Å²) in [6.07, 6.45) is 4.84. The maximum atomic E-state index is 5.43. The Labute approximate surface area is 146 Å². The van der Waals surface area contributed by atoms with Gasteiger partial charge in [-0.05, 0) is 67.0 Å². The number of benzene rings is 2. The number of nitrogens with zero attached hydrogens (tertiary/aromatic N) is 1. The number of rotatable bonds is 8. The van der Waals surface area contributed by atoms with Gasteiger partial charge in [-0.25, -0.2) is 0 Å². The molecule has 3 rings (SSSR count). The monoisotopic (exact) mass is 323 g/mol. The summed E-state index contributed by atoms with van der Waals surface area (Å²) >= 11 is 0. The Kier molecular flexibility index (Phi) is 5.92. The van der Waals surface area contributed by atoms with E-state index in [0.717, 1.165) is 18.7 Å². The van der Waals surface area contributed by atoms with Gasteiger partial charge in [-0.1, -0.05) is 43.3 Å². The third-order valence-electron chi connectivity index (χ3n) is 5.13. The van der Waals surface area contributed by atoms with E-state index in [2.05, 4.69) is 60.4 Å². The number of fused-ring (bicyclic) bond motifs is 1. The highest BCUT2D eigenvalue weighted by Crippen LogP contribution is 2.36. The number of hydrogen-bond donors (Lipinski definition) is 0. The van der Waals surface area contributed by atoms with Crippen molar-refractivity contribution in [1.29, 1.82) is 0 Å². The second-order valence-electron chi connectivity index (χ2n) is 6.84. The predicted molar refractivity (Wildman–Crippen MR) is 101 cm³/mol. The van der Waals surface area contributed by atoms with Crippen LogP contribution in [0.2, 0.25) is 0 Å². The topological polar surface area (TPSA) is 12.5 Å². The number of ether oxygens (including phenoxy) is 1. The van der Waals surface area contributed by atoms with Crippen LogP contribution in [0.15, 0.2) is 48.5 Å². The lowest BCUT2D eigenvalue weighted by molar-refractivity contribution is 0.259. The molecule has 0 aromatic heterocycles. The molecule has 24 heavy (non-hydrogen) atoms. The molecule has 1 unspecified atom stereocenters. The molecule has 2 aromatic carbocycles. The molecule has 2 aromatic rings. The summed E-state index contributed by atoms with van der Waals surface area (Å²) in [6, 6.07) is 17.4. The molecule has 2 nitrogen and oxygen atoms in total. The van der Waals surface area contributed by atoms with Crippen molar-refractivity contribution in [1.82, 2.24) is 4.90 Å². The number of hydrogen-bond acceptors (Lipinski definition) is 2. The van der Waals surface area contributed by atoms with Gasteiger partial charge in [-0.3, -0.25) is 0 Å². The van der Waals surface area contributed by atoms with Gasteiger partial charge in [-0.15, -0.1) is 0 Å². The minimum absolute atomic E-state index is 0.650. The first-order valence-electron chi connectivity index (χ1n) is 9.23. The fourth-order valence-electron chi connectivity index (χ4n) is 3.84. The minimum atomic E-state index is 0.650.